The standard InChI is InChI=1S/2C15H30N2.C14H28N2O.C10H20N2.C9H12.C5H12.C4H10.9C2H6/c1-13(2)16-9-5-15(6-10-16)7-11-17(12-8-15)14(3)4;1-13(2)16-10-7-15(8-11-16)6-5-9-17(12-15)14(3)4;1-12(2)15-7-5-14(6-8-15)11-16(13(3)4)9-10-17-14;1-9(2)12-7-6-11-5-3-4-10(11)8-12;1-8(2)9-6-4-3-5-7-9;1-4-5(2)3;1-4(2)3;9*1-2/h2*13-14H,5-12H2,1-4H3;12-13H,5-11H2,1-4H3;9-10H,3-8H2,1-2H3;3-8H,1-2H3;5H,4H2,1-3H3;4H,1-3H3;9*1-2H3. The van der Waals surface area contributed by atoms with Crippen molar-refractivity contribution in [2.24, 2.45) is 22.7 Å². The lowest BCUT2D eigenvalue weighted by Crippen LogP contribution is -2.58. The Kier molecular flexibility index (Phi) is 78.5. The highest BCUT2D eigenvalue weighted by Crippen LogP contribution is 2.43. The van der Waals surface area contributed by atoms with Gasteiger partial charge in [0.05, 0.1) is 12.2 Å². The number of hydrogen-bond donors (Lipinski definition) is 0. The van der Waals surface area contributed by atoms with Gasteiger partial charge in [-0.15, -0.1) is 0 Å². The lowest BCUT2D eigenvalue weighted by molar-refractivity contribution is -0.143. The molecule has 0 bridgehead atoms. The number of hydrogen-bond acceptors (Lipinski definition) is 9. The average Bonchev–Trinajstić information content (AvgIpc) is 1.51. The van der Waals surface area contributed by atoms with Crippen LogP contribution in [-0.2, 0) is 4.74 Å². The molecule has 9 heteroatoms. The second-order valence-electron chi connectivity index (χ2n) is 30.3. The van der Waals surface area contributed by atoms with Crippen LogP contribution in [-0.4, -0.2) is 204 Å². The van der Waals surface area contributed by atoms with Gasteiger partial charge in [-0.3, -0.25) is 14.7 Å². The van der Waals surface area contributed by atoms with E-state index in [9.17, 15) is 0 Å². The molecule has 8 aliphatic rings. The van der Waals surface area contributed by atoms with Gasteiger partial charge in [-0.05, 0) is 260 Å². The molecule has 8 heterocycles. The molecule has 8 aliphatic heterocycles. The Morgan fingerprint density at radius 1 is 0.343 bits per heavy atom. The minimum absolute atomic E-state index is 0.161. The van der Waals surface area contributed by atoms with Crippen LogP contribution in [0.15, 0.2) is 30.3 Å². The zero-order valence-electron chi connectivity index (χ0n) is 76.4. The van der Waals surface area contributed by atoms with E-state index in [1.165, 1.54) is 181 Å². The van der Waals surface area contributed by atoms with Gasteiger partial charge in [-0.25, -0.2) is 0 Å². The molecule has 602 valence electrons. The predicted molar refractivity (Wildman–Crippen MR) is 460 cm³/mol. The summed E-state index contributed by atoms with van der Waals surface area (Å²) in [4.78, 5) is 21.1. The fraction of sp³-hybridized carbons (Fsp3) is 0.933. The number of piperidine rings is 5. The summed E-state index contributed by atoms with van der Waals surface area (Å²) >= 11 is 0. The third-order valence-corrected chi connectivity index (χ3v) is 20.3. The number of fused-ring (bicyclic) bond motifs is 1. The summed E-state index contributed by atoms with van der Waals surface area (Å²) in [5.74, 6) is 2.38. The third-order valence-electron chi connectivity index (χ3n) is 20.3. The van der Waals surface area contributed by atoms with Crippen LogP contribution < -0.4 is 0 Å². The number of likely N-dealkylation sites (tertiary alicyclic amines) is 5. The van der Waals surface area contributed by atoms with Gasteiger partial charge >= 0.3 is 0 Å². The maximum Gasteiger partial charge on any atom is 0.0833 e. The molecule has 8 fully saturated rings. The van der Waals surface area contributed by atoms with Gasteiger partial charge in [-0.1, -0.05) is 217 Å². The van der Waals surface area contributed by atoms with Crippen molar-refractivity contribution >= 4 is 0 Å². The van der Waals surface area contributed by atoms with Crippen LogP contribution in [0.2, 0.25) is 0 Å². The predicted octanol–water partition coefficient (Wildman–Crippen LogP) is 24.9. The number of rotatable bonds is 9. The van der Waals surface area contributed by atoms with Crippen LogP contribution in [0.5, 0.6) is 0 Å². The molecular weight excluding hydrogens is 1210 g/mol. The van der Waals surface area contributed by atoms with Gasteiger partial charge in [0.25, 0.3) is 0 Å². The van der Waals surface area contributed by atoms with Gasteiger partial charge in [0.2, 0.25) is 0 Å². The molecular formula is C90H196N8O. The molecule has 8 saturated heterocycles. The molecule has 0 aromatic heterocycles. The summed E-state index contributed by atoms with van der Waals surface area (Å²) in [6.45, 7) is 108. The smallest absolute Gasteiger partial charge is 0.0833 e. The summed E-state index contributed by atoms with van der Waals surface area (Å²) in [6.07, 6.45) is 18.1. The fourth-order valence-corrected chi connectivity index (χ4v) is 13.5. The van der Waals surface area contributed by atoms with Crippen LogP contribution in [0.3, 0.4) is 0 Å². The quantitative estimate of drug-likeness (QED) is 0.240. The summed E-state index contributed by atoms with van der Waals surface area (Å²) in [5, 5.41) is 0. The van der Waals surface area contributed by atoms with Gasteiger partial charge in [0.1, 0.15) is 0 Å². The molecule has 99 heavy (non-hydrogen) atoms. The topological polar surface area (TPSA) is 35.2 Å². The van der Waals surface area contributed by atoms with E-state index in [-0.39, 0.29) is 5.60 Å². The van der Waals surface area contributed by atoms with E-state index >= 15 is 0 Å². The molecule has 9 rings (SSSR count). The van der Waals surface area contributed by atoms with E-state index in [4.69, 9.17) is 4.74 Å². The Hall–Kier alpha value is -1.14. The van der Waals surface area contributed by atoms with Crippen LogP contribution in [0.25, 0.3) is 0 Å². The van der Waals surface area contributed by atoms with E-state index in [0.717, 1.165) is 67.8 Å². The molecule has 0 saturated carbocycles. The Morgan fingerprint density at radius 2 is 0.667 bits per heavy atom. The zero-order valence-corrected chi connectivity index (χ0v) is 76.4. The highest BCUT2D eigenvalue weighted by Gasteiger charge is 2.42. The molecule has 0 N–H and O–H groups in total. The Bertz CT molecular complexity index is 1610. The first-order chi connectivity index (χ1) is 47.1. The van der Waals surface area contributed by atoms with Gasteiger partial charge < -0.3 is 29.2 Å². The van der Waals surface area contributed by atoms with E-state index in [1.54, 1.807) is 0 Å². The summed E-state index contributed by atoms with van der Waals surface area (Å²) in [6, 6.07) is 16.4. The van der Waals surface area contributed by atoms with Crippen LogP contribution in [0, 0.1) is 22.7 Å². The number of morpholine rings is 1. The van der Waals surface area contributed by atoms with Gasteiger partial charge in [0, 0.05) is 101 Å². The monoisotopic (exact) mass is 1410 g/mol. The molecule has 9 nitrogen and oxygen atoms in total. The number of benzene rings is 1. The van der Waals surface area contributed by atoms with E-state index in [1.807, 2.05) is 131 Å². The second kappa shape index (κ2) is 69.9. The maximum absolute atomic E-state index is 6.15. The number of ether oxygens (including phenoxy) is 1. The fourth-order valence-electron chi connectivity index (χ4n) is 13.5. The van der Waals surface area contributed by atoms with Crippen LogP contribution >= 0.6 is 0 Å². The van der Waals surface area contributed by atoms with Crippen molar-refractivity contribution in [3.8, 4) is 0 Å². The minimum atomic E-state index is 0.161. The molecule has 3 spiro atoms. The van der Waals surface area contributed by atoms with Crippen molar-refractivity contribution in [2.75, 3.05) is 111 Å². The lowest BCUT2D eigenvalue weighted by Gasteiger charge is -2.49. The highest BCUT2D eigenvalue weighted by molar-refractivity contribution is 5.17. The van der Waals surface area contributed by atoms with E-state index < -0.39 is 0 Å². The van der Waals surface area contributed by atoms with E-state index in [2.05, 4.69) is 216 Å². The SMILES string of the molecule is CC.CC.CC.CC.CC.CC.CC.CC.CC.CC(C)C.CC(C)N1CCC2(CC1)CCN(C(C)C)CC2.CC(C)N1CCC2(CC1)CN(C(C)C)CCO2.CC(C)N1CCC2(CCCN(C(C)C)C2)CC1.CC(C)N1CCN2CCCC2C1.CC(C)c1ccccc1.CCC(C)C. The Morgan fingerprint density at radius 3 is 0.980 bits per heavy atom. The van der Waals surface area contributed by atoms with Crippen molar-refractivity contribution in [1.82, 2.24) is 39.2 Å². The lowest BCUT2D eigenvalue weighted by atomic mass is 9.71. The zero-order chi connectivity index (χ0) is 78.5. The first-order valence-electron chi connectivity index (χ1n) is 43.8. The molecule has 1 atom stereocenters. The summed E-state index contributed by atoms with van der Waals surface area (Å²) < 4.78 is 6.15. The molecule has 1 unspecified atom stereocenters. The average molecular weight is 1410 g/mol. The van der Waals surface area contributed by atoms with Crippen molar-refractivity contribution in [1.29, 1.82) is 0 Å². The number of nitrogens with zero attached hydrogens (tertiary/aromatic N) is 8. The maximum atomic E-state index is 6.15. The van der Waals surface area contributed by atoms with Crippen LogP contribution in [0.4, 0.5) is 0 Å². The molecule has 1 aromatic carbocycles. The Labute approximate surface area is 630 Å². The van der Waals surface area contributed by atoms with E-state index in [0.29, 0.717) is 28.8 Å². The number of piperazine rings is 1. The van der Waals surface area contributed by atoms with Crippen molar-refractivity contribution in [3.05, 3.63) is 35.9 Å². The normalized spacial score (nSPS) is 20.3. The molecule has 0 aliphatic carbocycles. The molecule has 1 aromatic rings. The second-order valence-corrected chi connectivity index (χ2v) is 30.3. The third kappa shape index (κ3) is 50.1. The largest absolute Gasteiger partial charge is 0.372 e. The summed E-state index contributed by atoms with van der Waals surface area (Å²) in [5.41, 5.74) is 2.94. The molecule has 0 amide bonds. The van der Waals surface area contributed by atoms with Crippen molar-refractivity contribution in [3.63, 3.8) is 0 Å². The first-order valence-corrected chi connectivity index (χ1v) is 43.8. The van der Waals surface area contributed by atoms with Crippen molar-refractivity contribution in [2.45, 2.75) is 420 Å². The van der Waals surface area contributed by atoms with Gasteiger partial charge in [0.15, 0.2) is 0 Å². The highest BCUT2D eigenvalue weighted by atomic mass is 16.5. The van der Waals surface area contributed by atoms with Crippen LogP contribution in [0.1, 0.15) is 372 Å². The van der Waals surface area contributed by atoms with Crippen molar-refractivity contribution < 1.29 is 4.74 Å². The minimum Gasteiger partial charge on any atom is -0.372 e. The molecule has 0 radical (unpaired) electrons. The Balaban J connectivity index is -0.000000198. The summed E-state index contributed by atoms with van der Waals surface area (Å²) in [7, 11) is 0. The van der Waals surface area contributed by atoms with Gasteiger partial charge in [-0.2, -0.15) is 0 Å². The first kappa shape index (κ1) is 111.